The van der Waals surface area contributed by atoms with Gasteiger partial charge in [-0.05, 0) is 18.2 Å². The normalized spacial score (nSPS) is 12.1. The highest BCUT2D eigenvalue weighted by Crippen LogP contribution is 2.23. The monoisotopic (exact) mass is 299 g/mol. The topological polar surface area (TPSA) is 96.9 Å². The Balaban J connectivity index is 2.83. The Hall–Kier alpha value is -1.95. The Morgan fingerprint density at radius 3 is 2.75 bits per heavy atom. The molecule has 0 spiro atoms. The first-order valence-electron chi connectivity index (χ1n) is 5.91. The first kappa shape index (κ1) is 16.1. The zero-order valence-electron chi connectivity index (χ0n) is 11.6. The summed E-state index contributed by atoms with van der Waals surface area (Å²) in [6, 6.07) is 4.74. The third-order valence-corrected chi connectivity index (χ3v) is 3.14. The molecule has 0 saturated carbocycles. The van der Waals surface area contributed by atoms with Gasteiger partial charge in [-0.1, -0.05) is 30.6 Å². The first-order chi connectivity index (χ1) is 9.31. The molecule has 20 heavy (non-hydrogen) atoms. The minimum atomic E-state index is -0.663. The molecule has 1 aromatic rings. The summed E-state index contributed by atoms with van der Waals surface area (Å²) in [6.45, 7) is 3.72. The van der Waals surface area contributed by atoms with Crippen LogP contribution in [-0.2, 0) is 0 Å². The van der Waals surface area contributed by atoms with Crippen LogP contribution in [0.2, 0.25) is 5.02 Å². The molecule has 0 bridgehead atoms. The first-order valence-corrected chi connectivity index (χ1v) is 6.29. The number of amides is 1. The molecule has 7 heteroatoms. The van der Waals surface area contributed by atoms with E-state index in [1.807, 2.05) is 0 Å². The summed E-state index contributed by atoms with van der Waals surface area (Å²) in [6.07, 6.45) is 0. The second kappa shape index (κ2) is 6.47. The number of hydrogen-bond acceptors (Lipinski definition) is 4. The van der Waals surface area contributed by atoms with Gasteiger partial charge in [0.2, 0.25) is 0 Å². The van der Waals surface area contributed by atoms with E-state index in [4.69, 9.17) is 27.3 Å². The Bertz CT molecular complexity index is 530. The molecule has 0 fully saturated rings. The lowest BCUT2D eigenvalue weighted by atomic mass is 9.92. The maximum Gasteiger partial charge on any atom is 0.255 e. The van der Waals surface area contributed by atoms with Crippen molar-refractivity contribution in [1.82, 2.24) is 5.32 Å². The summed E-state index contributed by atoms with van der Waals surface area (Å²) in [4.78, 5) is 12.1. The van der Waals surface area contributed by atoms with Crippen LogP contribution in [0.3, 0.4) is 0 Å². The maximum atomic E-state index is 12.1. The Morgan fingerprint density at radius 1 is 1.55 bits per heavy atom. The fourth-order valence-corrected chi connectivity index (χ4v) is 1.64. The van der Waals surface area contributed by atoms with E-state index in [0.29, 0.717) is 16.3 Å². The molecular weight excluding hydrogens is 282 g/mol. The highest BCUT2D eigenvalue weighted by molar-refractivity contribution is 6.30. The molecule has 0 unspecified atom stereocenters. The fraction of sp³-hybridized carbons (Fsp3) is 0.385. The van der Waals surface area contributed by atoms with Crippen LogP contribution in [0.4, 0.5) is 0 Å². The van der Waals surface area contributed by atoms with E-state index in [1.165, 1.54) is 7.11 Å². The van der Waals surface area contributed by atoms with Crippen molar-refractivity contribution in [3.63, 3.8) is 0 Å². The number of carbonyl (C=O) groups is 1. The van der Waals surface area contributed by atoms with Gasteiger partial charge in [-0.2, -0.15) is 0 Å². The number of methoxy groups -OCH3 is 1. The summed E-state index contributed by atoms with van der Waals surface area (Å²) in [7, 11) is 1.46. The standard InChI is InChI=1S/C13H18ClN3O3/c1-13(2,12(15)17-19)7-16-11(18)9-5-4-8(14)6-10(9)20-3/h4-6,19H,7H2,1-3H3,(H2,15,17)(H,16,18). The second-order valence-corrected chi connectivity index (χ2v) is 5.33. The zero-order chi connectivity index (χ0) is 15.3. The van der Waals surface area contributed by atoms with Crippen LogP contribution in [0.15, 0.2) is 23.4 Å². The van der Waals surface area contributed by atoms with Crippen LogP contribution in [0.5, 0.6) is 5.75 Å². The van der Waals surface area contributed by atoms with Crippen molar-refractivity contribution in [3.8, 4) is 5.75 Å². The highest BCUT2D eigenvalue weighted by atomic mass is 35.5. The van der Waals surface area contributed by atoms with Gasteiger partial charge in [0.25, 0.3) is 5.91 Å². The van der Waals surface area contributed by atoms with Gasteiger partial charge in [0.15, 0.2) is 0 Å². The number of nitrogens with one attached hydrogen (secondary N) is 1. The quantitative estimate of drug-likeness (QED) is 0.334. The van der Waals surface area contributed by atoms with Crippen molar-refractivity contribution in [2.24, 2.45) is 16.3 Å². The molecule has 0 aliphatic carbocycles. The van der Waals surface area contributed by atoms with Gasteiger partial charge < -0.3 is 21.0 Å². The molecule has 1 aromatic carbocycles. The van der Waals surface area contributed by atoms with Crippen LogP contribution in [0, 0.1) is 5.41 Å². The lowest BCUT2D eigenvalue weighted by molar-refractivity contribution is 0.0941. The lowest BCUT2D eigenvalue weighted by Crippen LogP contribution is -2.42. The molecule has 4 N–H and O–H groups in total. The predicted molar refractivity (Wildman–Crippen MR) is 77.5 cm³/mol. The van der Waals surface area contributed by atoms with Crippen LogP contribution in [0.1, 0.15) is 24.2 Å². The molecule has 0 aliphatic rings. The van der Waals surface area contributed by atoms with E-state index >= 15 is 0 Å². The Morgan fingerprint density at radius 2 is 2.20 bits per heavy atom. The zero-order valence-corrected chi connectivity index (χ0v) is 12.4. The average Bonchev–Trinajstić information content (AvgIpc) is 2.43. The van der Waals surface area contributed by atoms with Crippen molar-refractivity contribution >= 4 is 23.3 Å². The number of nitrogens with two attached hydrogens (primary N) is 1. The number of oxime groups is 1. The van der Waals surface area contributed by atoms with Crippen molar-refractivity contribution < 1.29 is 14.7 Å². The molecule has 1 rings (SSSR count). The van der Waals surface area contributed by atoms with E-state index in [9.17, 15) is 4.79 Å². The van der Waals surface area contributed by atoms with E-state index in [-0.39, 0.29) is 18.3 Å². The number of halogens is 1. The van der Waals surface area contributed by atoms with Gasteiger partial charge in [-0.3, -0.25) is 4.79 Å². The van der Waals surface area contributed by atoms with Gasteiger partial charge in [0, 0.05) is 17.0 Å². The van der Waals surface area contributed by atoms with E-state index in [1.54, 1.807) is 32.0 Å². The molecular formula is C13H18ClN3O3. The van der Waals surface area contributed by atoms with Crippen molar-refractivity contribution in [2.45, 2.75) is 13.8 Å². The van der Waals surface area contributed by atoms with Gasteiger partial charge in [0.1, 0.15) is 11.6 Å². The van der Waals surface area contributed by atoms with Crippen LogP contribution >= 0.6 is 11.6 Å². The number of ether oxygens (including phenoxy) is 1. The summed E-state index contributed by atoms with van der Waals surface area (Å²) >= 11 is 5.84. The molecule has 0 saturated heterocycles. The molecule has 0 radical (unpaired) electrons. The molecule has 0 atom stereocenters. The van der Waals surface area contributed by atoms with E-state index in [0.717, 1.165) is 0 Å². The predicted octanol–water partition coefficient (Wildman–Crippen LogP) is 1.85. The smallest absolute Gasteiger partial charge is 0.255 e. The highest BCUT2D eigenvalue weighted by Gasteiger charge is 2.25. The Kier molecular flexibility index (Phi) is 5.21. The number of amidine groups is 1. The third-order valence-electron chi connectivity index (χ3n) is 2.90. The average molecular weight is 300 g/mol. The number of hydrogen-bond donors (Lipinski definition) is 3. The lowest BCUT2D eigenvalue weighted by Gasteiger charge is -2.23. The van der Waals surface area contributed by atoms with Gasteiger partial charge in [-0.25, -0.2) is 0 Å². The summed E-state index contributed by atoms with van der Waals surface area (Å²) in [5.74, 6) is 0.106. The third kappa shape index (κ3) is 3.77. The number of nitrogens with zero attached hydrogens (tertiary/aromatic N) is 1. The fourth-order valence-electron chi connectivity index (χ4n) is 1.48. The largest absolute Gasteiger partial charge is 0.496 e. The minimum Gasteiger partial charge on any atom is -0.496 e. The van der Waals surface area contributed by atoms with Crippen molar-refractivity contribution in [2.75, 3.05) is 13.7 Å². The van der Waals surface area contributed by atoms with Gasteiger partial charge in [-0.15, -0.1) is 0 Å². The number of carbonyl (C=O) groups excluding carboxylic acids is 1. The molecule has 6 nitrogen and oxygen atoms in total. The maximum absolute atomic E-state index is 12.1. The van der Waals surface area contributed by atoms with Crippen molar-refractivity contribution in [1.29, 1.82) is 0 Å². The van der Waals surface area contributed by atoms with Gasteiger partial charge >= 0.3 is 0 Å². The SMILES string of the molecule is COc1cc(Cl)ccc1C(=O)NCC(C)(C)/C(N)=N/O. The number of benzene rings is 1. The van der Waals surface area contributed by atoms with Crippen LogP contribution < -0.4 is 15.8 Å². The van der Waals surface area contributed by atoms with E-state index in [2.05, 4.69) is 10.5 Å². The summed E-state index contributed by atoms with van der Waals surface area (Å²) < 4.78 is 5.11. The van der Waals surface area contributed by atoms with E-state index < -0.39 is 5.41 Å². The molecule has 0 heterocycles. The molecule has 1 amide bonds. The van der Waals surface area contributed by atoms with Crippen LogP contribution in [-0.4, -0.2) is 30.6 Å². The molecule has 0 aromatic heterocycles. The molecule has 0 aliphatic heterocycles. The minimum absolute atomic E-state index is 0.0425. The van der Waals surface area contributed by atoms with Crippen molar-refractivity contribution in [3.05, 3.63) is 28.8 Å². The molecule has 110 valence electrons. The summed E-state index contributed by atoms with van der Waals surface area (Å²) in [5, 5.41) is 14.8. The van der Waals surface area contributed by atoms with Gasteiger partial charge in [0.05, 0.1) is 12.7 Å². The summed E-state index contributed by atoms with van der Waals surface area (Å²) in [5.41, 5.74) is 5.26. The number of rotatable bonds is 5. The van der Waals surface area contributed by atoms with Crippen LogP contribution in [0.25, 0.3) is 0 Å². The second-order valence-electron chi connectivity index (χ2n) is 4.90. The Labute approximate surface area is 122 Å².